The molecule has 0 aliphatic heterocycles. The molecule has 6 heteroatoms. The van der Waals surface area contributed by atoms with Gasteiger partial charge in [0.15, 0.2) is 5.15 Å². The third-order valence-corrected chi connectivity index (χ3v) is 2.65. The third kappa shape index (κ3) is 1.53. The van der Waals surface area contributed by atoms with Crippen molar-refractivity contribution in [2.24, 2.45) is 0 Å². The summed E-state index contributed by atoms with van der Waals surface area (Å²) in [6, 6.07) is 0. The van der Waals surface area contributed by atoms with Gasteiger partial charge in [-0.3, -0.25) is 0 Å². The normalized spacial score (nSPS) is 11.2. The van der Waals surface area contributed by atoms with Gasteiger partial charge in [0.1, 0.15) is 11.8 Å². The maximum absolute atomic E-state index is 11.1. The zero-order chi connectivity index (χ0) is 11.9. The average Bonchev–Trinajstić information content (AvgIpc) is 2.58. The molecular weight excluding hydrogens is 230 g/mol. The highest BCUT2D eigenvalue weighted by Crippen LogP contribution is 2.29. The van der Waals surface area contributed by atoms with Gasteiger partial charge in [-0.1, -0.05) is 25.4 Å². The van der Waals surface area contributed by atoms with Crippen LogP contribution in [0, 0.1) is 0 Å². The molecule has 5 nitrogen and oxygen atoms in total. The minimum Gasteiger partial charge on any atom is -0.478 e. The van der Waals surface area contributed by atoms with Gasteiger partial charge in [0.25, 0.3) is 0 Å². The van der Waals surface area contributed by atoms with E-state index in [1.807, 2.05) is 13.8 Å². The minimum atomic E-state index is -0.981. The van der Waals surface area contributed by atoms with Gasteiger partial charge in [0, 0.05) is 6.20 Å². The second-order valence-electron chi connectivity index (χ2n) is 3.76. The fourth-order valence-electron chi connectivity index (χ4n) is 1.75. The molecule has 84 valence electrons. The number of carboxylic acids is 1. The standard InChI is InChI=1S/C10H10ClN3O2/c1-5(2)7-6(10(15)16)3-14-8(7)9(11)12-4-13-14/h3-5H,1-2H3,(H,15,16). The first-order valence-electron chi connectivity index (χ1n) is 4.77. The van der Waals surface area contributed by atoms with Crippen molar-refractivity contribution in [1.82, 2.24) is 14.6 Å². The Kier molecular flexibility index (Phi) is 2.55. The molecule has 0 unspecified atom stereocenters. The Morgan fingerprint density at radius 2 is 2.25 bits per heavy atom. The second kappa shape index (κ2) is 3.75. The van der Waals surface area contributed by atoms with Gasteiger partial charge in [-0.15, -0.1) is 0 Å². The summed E-state index contributed by atoms with van der Waals surface area (Å²) in [6.07, 6.45) is 2.76. The van der Waals surface area contributed by atoms with Gasteiger partial charge in [0.2, 0.25) is 0 Å². The van der Waals surface area contributed by atoms with E-state index in [1.54, 1.807) is 0 Å². The molecule has 2 rings (SSSR count). The summed E-state index contributed by atoms with van der Waals surface area (Å²) in [6.45, 7) is 3.82. The Morgan fingerprint density at radius 1 is 1.56 bits per heavy atom. The lowest BCUT2D eigenvalue weighted by Crippen LogP contribution is -2.00. The first-order valence-corrected chi connectivity index (χ1v) is 5.15. The van der Waals surface area contributed by atoms with Crippen LogP contribution >= 0.6 is 11.6 Å². The lowest BCUT2D eigenvalue weighted by Gasteiger charge is -2.05. The quantitative estimate of drug-likeness (QED) is 0.873. The Balaban J connectivity index is 2.88. The van der Waals surface area contributed by atoms with Crippen molar-refractivity contribution in [3.05, 3.63) is 28.8 Å². The molecule has 0 aliphatic carbocycles. The van der Waals surface area contributed by atoms with E-state index in [1.165, 1.54) is 17.0 Å². The molecule has 0 amide bonds. The summed E-state index contributed by atoms with van der Waals surface area (Å²) in [5, 5.41) is 13.3. The van der Waals surface area contributed by atoms with Gasteiger partial charge in [-0.05, 0) is 11.5 Å². The highest BCUT2D eigenvalue weighted by molar-refractivity contribution is 6.32. The second-order valence-corrected chi connectivity index (χ2v) is 4.12. The van der Waals surface area contributed by atoms with Crippen molar-refractivity contribution in [1.29, 1.82) is 0 Å². The summed E-state index contributed by atoms with van der Waals surface area (Å²) in [7, 11) is 0. The summed E-state index contributed by atoms with van der Waals surface area (Å²) in [4.78, 5) is 15.0. The highest BCUT2D eigenvalue weighted by atomic mass is 35.5. The molecule has 2 aromatic heterocycles. The zero-order valence-corrected chi connectivity index (χ0v) is 9.56. The van der Waals surface area contributed by atoms with Crippen molar-refractivity contribution in [2.45, 2.75) is 19.8 Å². The summed E-state index contributed by atoms with van der Waals surface area (Å²) in [5.41, 5.74) is 1.45. The predicted octanol–water partition coefficient (Wildman–Crippen LogP) is 2.20. The zero-order valence-electron chi connectivity index (χ0n) is 8.81. The van der Waals surface area contributed by atoms with Crippen LogP contribution in [-0.2, 0) is 0 Å². The largest absolute Gasteiger partial charge is 0.478 e. The van der Waals surface area contributed by atoms with Crippen LogP contribution in [0.25, 0.3) is 5.52 Å². The average molecular weight is 240 g/mol. The van der Waals surface area contributed by atoms with E-state index in [0.29, 0.717) is 11.1 Å². The smallest absolute Gasteiger partial charge is 0.337 e. The van der Waals surface area contributed by atoms with Gasteiger partial charge in [0.05, 0.1) is 5.56 Å². The van der Waals surface area contributed by atoms with Crippen LogP contribution < -0.4 is 0 Å². The first-order chi connectivity index (χ1) is 7.52. The van der Waals surface area contributed by atoms with Gasteiger partial charge < -0.3 is 5.11 Å². The molecule has 2 heterocycles. The van der Waals surface area contributed by atoms with Crippen molar-refractivity contribution in [2.75, 3.05) is 0 Å². The molecule has 16 heavy (non-hydrogen) atoms. The van der Waals surface area contributed by atoms with E-state index in [9.17, 15) is 4.79 Å². The SMILES string of the molecule is CC(C)c1c(C(=O)O)cn2ncnc(Cl)c12. The number of hydrogen-bond donors (Lipinski definition) is 1. The molecule has 1 N–H and O–H groups in total. The Morgan fingerprint density at radius 3 is 2.81 bits per heavy atom. The van der Waals surface area contributed by atoms with Crippen LogP contribution in [-0.4, -0.2) is 25.7 Å². The minimum absolute atomic E-state index is 0.0413. The maximum atomic E-state index is 11.1. The van der Waals surface area contributed by atoms with Gasteiger partial charge >= 0.3 is 5.97 Å². The summed E-state index contributed by atoms with van der Waals surface area (Å²) in [5.74, 6) is -0.940. The fraction of sp³-hybridized carbons (Fsp3) is 0.300. The molecule has 0 aromatic carbocycles. The lowest BCUT2D eigenvalue weighted by molar-refractivity contribution is 0.0695. The number of carbonyl (C=O) groups is 1. The molecule has 0 bridgehead atoms. The van der Waals surface area contributed by atoms with Crippen LogP contribution in [0.4, 0.5) is 0 Å². The Hall–Kier alpha value is -1.62. The molecular formula is C10H10ClN3O2. The fourth-order valence-corrected chi connectivity index (χ4v) is 1.98. The van der Waals surface area contributed by atoms with Crippen molar-refractivity contribution >= 4 is 23.1 Å². The topological polar surface area (TPSA) is 67.5 Å². The third-order valence-electron chi connectivity index (χ3n) is 2.38. The van der Waals surface area contributed by atoms with Crippen LogP contribution in [0.3, 0.4) is 0 Å². The number of fused-ring (bicyclic) bond motifs is 1. The van der Waals surface area contributed by atoms with Crippen molar-refractivity contribution in [3.8, 4) is 0 Å². The molecule has 0 saturated carbocycles. The maximum Gasteiger partial charge on any atom is 0.337 e. The molecule has 0 saturated heterocycles. The molecule has 0 spiro atoms. The predicted molar refractivity (Wildman–Crippen MR) is 59.0 cm³/mol. The van der Waals surface area contributed by atoms with Crippen molar-refractivity contribution in [3.63, 3.8) is 0 Å². The van der Waals surface area contributed by atoms with E-state index < -0.39 is 5.97 Å². The number of nitrogens with zero attached hydrogens (tertiary/aromatic N) is 3. The lowest BCUT2D eigenvalue weighted by atomic mass is 10.0. The van der Waals surface area contributed by atoms with E-state index in [0.717, 1.165) is 0 Å². The van der Waals surface area contributed by atoms with Gasteiger partial charge in [-0.25, -0.2) is 14.3 Å². The summed E-state index contributed by atoms with van der Waals surface area (Å²) < 4.78 is 1.45. The number of aromatic nitrogens is 3. The molecule has 0 radical (unpaired) electrons. The number of halogens is 1. The number of rotatable bonds is 2. The van der Waals surface area contributed by atoms with Crippen LogP contribution in [0.15, 0.2) is 12.5 Å². The highest BCUT2D eigenvalue weighted by Gasteiger charge is 2.21. The van der Waals surface area contributed by atoms with E-state index in [-0.39, 0.29) is 16.6 Å². The van der Waals surface area contributed by atoms with Gasteiger partial charge in [-0.2, -0.15) is 5.10 Å². The molecule has 0 atom stereocenters. The molecule has 0 fully saturated rings. The van der Waals surface area contributed by atoms with Crippen LogP contribution in [0.1, 0.15) is 35.7 Å². The first kappa shape index (κ1) is 10.9. The van der Waals surface area contributed by atoms with E-state index >= 15 is 0 Å². The number of aromatic carboxylic acids is 1. The Labute approximate surface area is 96.7 Å². The van der Waals surface area contributed by atoms with E-state index in [4.69, 9.17) is 16.7 Å². The Bertz CT molecular complexity index is 562. The number of carboxylic acid groups (broad SMARTS) is 1. The number of hydrogen-bond acceptors (Lipinski definition) is 3. The molecule has 0 aliphatic rings. The van der Waals surface area contributed by atoms with Crippen LogP contribution in [0.2, 0.25) is 5.15 Å². The monoisotopic (exact) mass is 239 g/mol. The molecule has 2 aromatic rings. The summed E-state index contributed by atoms with van der Waals surface area (Å²) >= 11 is 5.96. The van der Waals surface area contributed by atoms with Crippen molar-refractivity contribution < 1.29 is 9.90 Å². The van der Waals surface area contributed by atoms with Crippen LogP contribution in [0.5, 0.6) is 0 Å². The van der Waals surface area contributed by atoms with E-state index in [2.05, 4.69) is 10.1 Å².